The number of aromatic nitrogens is 5. The van der Waals surface area contributed by atoms with Gasteiger partial charge in [0, 0.05) is 10.0 Å². The molecule has 108 valence electrons. The molecule has 0 saturated carbocycles. The Labute approximate surface area is 133 Å². The minimum atomic E-state index is 0.345. The Hall–Kier alpha value is -2.54. The topological polar surface area (TPSA) is 69.6 Å². The van der Waals surface area contributed by atoms with Crippen molar-refractivity contribution in [3.05, 3.63) is 58.9 Å². The summed E-state index contributed by atoms with van der Waals surface area (Å²) in [6, 6.07) is 15.4. The van der Waals surface area contributed by atoms with Gasteiger partial charge in [-0.2, -0.15) is 4.80 Å². The van der Waals surface area contributed by atoms with Crippen LogP contribution in [-0.4, -0.2) is 25.2 Å². The highest BCUT2D eigenvalue weighted by Gasteiger charge is 2.10. The minimum Gasteiger partial charge on any atom is -0.439 e. The van der Waals surface area contributed by atoms with Crippen molar-refractivity contribution in [1.29, 1.82) is 0 Å². The predicted molar refractivity (Wildman–Crippen MR) is 84.1 cm³/mol. The molecule has 6 nitrogen and oxygen atoms in total. The molecule has 2 heterocycles. The normalized spacial score (nSPS) is 11.1. The fraction of sp³-hybridized carbons (Fsp3) is 0.0667. The molecule has 7 heteroatoms. The van der Waals surface area contributed by atoms with E-state index in [0.717, 1.165) is 21.1 Å². The number of nitrogens with zero attached hydrogens (tertiary/aromatic N) is 5. The number of fused-ring (bicyclic) bond motifs is 1. The van der Waals surface area contributed by atoms with E-state index in [4.69, 9.17) is 4.42 Å². The molecule has 4 aromatic rings. The maximum absolute atomic E-state index is 5.66. The number of hydrogen-bond acceptors (Lipinski definition) is 5. The fourth-order valence-electron chi connectivity index (χ4n) is 2.13. The summed E-state index contributed by atoms with van der Waals surface area (Å²) < 4.78 is 6.67. The molecule has 22 heavy (non-hydrogen) atoms. The maximum atomic E-state index is 5.66. The first-order chi connectivity index (χ1) is 10.8. The molecule has 0 spiro atoms. The molecule has 0 radical (unpaired) electrons. The number of para-hydroxylation sites is 2. The first-order valence-corrected chi connectivity index (χ1v) is 7.45. The molecule has 0 N–H and O–H groups in total. The highest BCUT2D eigenvalue weighted by molar-refractivity contribution is 9.10. The summed E-state index contributed by atoms with van der Waals surface area (Å²) >= 11 is 3.40. The molecule has 0 atom stereocenters. The Morgan fingerprint density at radius 1 is 1.05 bits per heavy atom. The third kappa shape index (κ3) is 2.50. The highest BCUT2D eigenvalue weighted by Crippen LogP contribution is 2.18. The van der Waals surface area contributed by atoms with Gasteiger partial charge >= 0.3 is 0 Å². The molecule has 4 rings (SSSR count). The molecule has 0 aliphatic rings. The number of halogens is 1. The van der Waals surface area contributed by atoms with E-state index in [0.29, 0.717) is 18.3 Å². The average Bonchev–Trinajstić information content (AvgIpc) is 3.14. The summed E-state index contributed by atoms with van der Waals surface area (Å²) in [7, 11) is 0. The van der Waals surface area contributed by atoms with Gasteiger partial charge in [-0.1, -0.05) is 28.1 Å². The summed E-state index contributed by atoms with van der Waals surface area (Å²) in [6.45, 7) is 0.345. The summed E-state index contributed by atoms with van der Waals surface area (Å²) in [5, 5.41) is 12.5. The van der Waals surface area contributed by atoms with E-state index in [-0.39, 0.29) is 0 Å². The van der Waals surface area contributed by atoms with E-state index >= 15 is 0 Å². The first-order valence-electron chi connectivity index (χ1n) is 6.66. The van der Waals surface area contributed by atoms with Gasteiger partial charge in [0.15, 0.2) is 5.58 Å². The molecule has 0 amide bonds. The molecule has 2 aromatic carbocycles. The Balaban J connectivity index is 1.60. The van der Waals surface area contributed by atoms with Crippen molar-refractivity contribution in [3.8, 4) is 11.4 Å². The zero-order chi connectivity index (χ0) is 14.9. The van der Waals surface area contributed by atoms with Crippen molar-refractivity contribution in [1.82, 2.24) is 25.2 Å². The number of hydrogen-bond donors (Lipinski definition) is 0. The zero-order valence-corrected chi connectivity index (χ0v) is 12.9. The molecule has 0 unspecified atom stereocenters. The van der Waals surface area contributed by atoms with Crippen molar-refractivity contribution in [2.24, 2.45) is 0 Å². The van der Waals surface area contributed by atoms with Gasteiger partial charge < -0.3 is 4.42 Å². The maximum Gasteiger partial charge on any atom is 0.219 e. The van der Waals surface area contributed by atoms with E-state index in [1.54, 1.807) is 0 Å². The fourth-order valence-corrected chi connectivity index (χ4v) is 2.40. The Morgan fingerprint density at radius 3 is 2.68 bits per heavy atom. The van der Waals surface area contributed by atoms with Crippen molar-refractivity contribution in [3.63, 3.8) is 0 Å². The third-order valence-electron chi connectivity index (χ3n) is 3.17. The van der Waals surface area contributed by atoms with Gasteiger partial charge in [0.05, 0.1) is 0 Å². The summed E-state index contributed by atoms with van der Waals surface area (Å²) in [6.07, 6.45) is 0. The van der Waals surface area contributed by atoms with Gasteiger partial charge in [0.25, 0.3) is 0 Å². The highest BCUT2D eigenvalue weighted by atomic mass is 79.9. The van der Waals surface area contributed by atoms with E-state index < -0.39 is 0 Å². The van der Waals surface area contributed by atoms with Crippen LogP contribution in [0.2, 0.25) is 0 Å². The van der Waals surface area contributed by atoms with Crippen LogP contribution in [-0.2, 0) is 6.54 Å². The second-order valence-corrected chi connectivity index (χ2v) is 5.64. The van der Waals surface area contributed by atoms with Crippen LogP contribution in [0.5, 0.6) is 0 Å². The molecule has 0 saturated heterocycles. The van der Waals surface area contributed by atoms with Crippen LogP contribution in [0.15, 0.2) is 57.4 Å². The summed E-state index contributed by atoms with van der Waals surface area (Å²) in [5.41, 5.74) is 2.49. The molecule has 0 aliphatic carbocycles. The number of oxazole rings is 1. The van der Waals surface area contributed by atoms with Gasteiger partial charge in [-0.25, -0.2) is 4.98 Å². The van der Waals surface area contributed by atoms with E-state index in [2.05, 4.69) is 36.3 Å². The molecule has 0 aliphatic heterocycles. The number of rotatable bonds is 3. The minimum absolute atomic E-state index is 0.345. The van der Waals surface area contributed by atoms with Crippen molar-refractivity contribution in [2.45, 2.75) is 6.54 Å². The van der Waals surface area contributed by atoms with Crippen molar-refractivity contribution in [2.75, 3.05) is 0 Å². The SMILES string of the molecule is Brc1ccc(-c2nnn(Cc3nc4ccccc4o3)n2)cc1. The van der Waals surface area contributed by atoms with Crippen LogP contribution >= 0.6 is 15.9 Å². The molecular weight excluding hydrogens is 346 g/mol. The van der Waals surface area contributed by atoms with Gasteiger partial charge in [-0.3, -0.25) is 0 Å². The van der Waals surface area contributed by atoms with Gasteiger partial charge in [-0.15, -0.1) is 10.2 Å². The standard InChI is InChI=1S/C15H10BrN5O/c16-11-7-5-10(6-8-11)15-18-20-21(19-15)9-14-17-12-3-1-2-4-13(12)22-14/h1-8H,9H2. The molecule has 0 bridgehead atoms. The lowest BCUT2D eigenvalue weighted by atomic mass is 10.2. The van der Waals surface area contributed by atoms with Crippen LogP contribution in [0, 0.1) is 0 Å². The summed E-state index contributed by atoms with van der Waals surface area (Å²) in [5.74, 6) is 1.13. The van der Waals surface area contributed by atoms with Crippen LogP contribution in [0.4, 0.5) is 0 Å². The van der Waals surface area contributed by atoms with E-state index in [1.807, 2.05) is 48.5 Å². The second-order valence-electron chi connectivity index (χ2n) is 4.73. The quantitative estimate of drug-likeness (QED) is 0.563. The second kappa shape index (κ2) is 5.34. The zero-order valence-electron chi connectivity index (χ0n) is 11.3. The number of benzene rings is 2. The van der Waals surface area contributed by atoms with Gasteiger partial charge in [-0.05, 0) is 41.6 Å². The van der Waals surface area contributed by atoms with Crippen LogP contribution < -0.4 is 0 Å². The smallest absolute Gasteiger partial charge is 0.219 e. The van der Waals surface area contributed by atoms with Crippen molar-refractivity contribution < 1.29 is 4.42 Å². The monoisotopic (exact) mass is 355 g/mol. The van der Waals surface area contributed by atoms with E-state index in [1.165, 1.54) is 4.80 Å². The lowest BCUT2D eigenvalue weighted by molar-refractivity contribution is 0.459. The Morgan fingerprint density at radius 2 is 1.86 bits per heavy atom. The largest absolute Gasteiger partial charge is 0.439 e. The van der Waals surface area contributed by atoms with Crippen molar-refractivity contribution >= 4 is 27.0 Å². The molecular formula is C15H10BrN5O. The average molecular weight is 356 g/mol. The van der Waals surface area contributed by atoms with Crippen LogP contribution in [0.3, 0.4) is 0 Å². The Kier molecular flexibility index (Phi) is 3.19. The summed E-state index contributed by atoms with van der Waals surface area (Å²) in [4.78, 5) is 5.87. The lowest BCUT2D eigenvalue weighted by Gasteiger charge is -1.94. The van der Waals surface area contributed by atoms with Crippen LogP contribution in [0.25, 0.3) is 22.5 Å². The molecule has 0 fully saturated rings. The third-order valence-corrected chi connectivity index (χ3v) is 3.70. The van der Waals surface area contributed by atoms with Gasteiger partial charge in [0.2, 0.25) is 11.7 Å². The molecule has 2 aromatic heterocycles. The lowest BCUT2D eigenvalue weighted by Crippen LogP contribution is -2.04. The Bertz CT molecular complexity index is 895. The first kappa shape index (κ1) is 13.1. The van der Waals surface area contributed by atoms with E-state index in [9.17, 15) is 0 Å². The van der Waals surface area contributed by atoms with Gasteiger partial charge in [0.1, 0.15) is 12.1 Å². The predicted octanol–water partition coefficient (Wildman–Crippen LogP) is 3.29. The van der Waals surface area contributed by atoms with Crippen LogP contribution in [0.1, 0.15) is 5.89 Å². The number of tetrazole rings is 1.